The second-order valence-electron chi connectivity index (χ2n) is 7.72. The van der Waals surface area contributed by atoms with Crippen molar-refractivity contribution in [2.75, 3.05) is 5.75 Å². The van der Waals surface area contributed by atoms with Gasteiger partial charge in [0, 0.05) is 17.6 Å². The van der Waals surface area contributed by atoms with E-state index in [2.05, 4.69) is 10.3 Å². The molecule has 2 rings (SSSR count). The van der Waals surface area contributed by atoms with Crippen molar-refractivity contribution in [3.05, 3.63) is 42.1 Å². The van der Waals surface area contributed by atoms with Gasteiger partial charge in [-0.15, -0.1) is 0 Å². The standard InChI is InChI=1S/C20H28N2O4S/c1-5-8-17(22-19(23)26-20(2,3)4)14-27(24,25)13-15-11-16-9-6-7-10-18(16)21-12-15/h6-7,9-12,17H,5,8,13-14H2,1-4H3,(H,22,23). The lowest BCUT2D eigenvalue weighted by molar-refractivity contribution is 0.0507. The van der Waals surface area contributed by atoms with Crippen LogP contribution >= 0.6 is 0 Å². The van der Waals surface area contributed by atoms with Gasteiger partial charge in [-0.05, 0) is 44.9 Å². The van der Waals surface area contributed by atoms with Gasteiger partial charge in [-0.1, -0.05) is 31.5 Å². The van der Waals surface area contributed by atoms with Crippen LogP contribution < -0.4 is 5.32 Å². The predicted octanol–water partition coefficient (Wildman–Crippen LogP) is 3.84. The Morgan fingerprint density at radius 2 is 1.96 bits per heavy atom. The highest BCUT2D eigenvalue weighted by Crippen LogP contribution is 2.16. The molecule has 1 aromatic carbocycles. The van der Waals surface area contributed by atoms with E-state index in [1.165, 1.54) is 0 Å². The summed E-state index contributed by atoms with van der Waals surface area (Å²) in [5.74, 6) is -0.242. The first-order valence-electron chi connectivity index (χ1n) is 9.11. The van der Waals surface area contributed by atoms with Gasteiger partial charge in [-0.2, -0.15) is 0 Å². The summed E-state index contributed by atoms with van der Waals surface area (Å²) in [7, 11) is -3.42. The van der Waals surface area contributed by atoms with Crippen molar-refractivity contribution in [1.82, 2.24) is 10.3 Å². The molecule has 1 heterocycles. The predicted molar refractivity (Wildman–Crippen MR) is 107 cm³/mol. The van der Waals surface area contributed by atoms with Crippen LogP contribution in [0.15, 0.2) is 36.5 Å². The van der Waals surface area contributed by atoms with Crippen molar-refractivity contribution < 1.29 is 17.9 Å². The monoisotopic (exact) mass is 392 g/mol. The van der Waals surface area contributed by atoms with Crippen LogP contribution in [0.4, 0.5) is 4.79 Å². The fourth-order valence-corrected chi connectivity index (χ4v) is 4.48. The number of nitrogens with zero attached hydrogens (tertiary/aromatic N) is 1. The van der Waals surface area contributed by atoms with Crippen molar-refractivity contribution in [3.63, 3.8) is 0 Å². The normalized spacial score (nSPS) is 13.3. The molecule has 1 atom stereocenters. The zero-order valence-electron chi connectivity index (χ0n) is 16.4. The van der Waals surface area contributed by atoms with Gasteiger partial charge in [0.05, 0.1) is 17.0 Å². The zero-order chi connectivity index (χ0) is 20.1. The molecular weight excluding hydrogens is 364 g/mol. The van der Waals surface area contributed by atoms with Gasteiger partial charge in [0.1, 0.15) is 5.60 Å². The molecule has 27 heavy (non-hydrogen) atoms. The molecule has 0 saturated carbocycles. The van der Waals surface area contributed by atoms with Crippen LogP contribution in [-0.4, -0.2) is 36.9 Å². The minimum Gasteiger partial charge on any atom is -0.444 e. The second-order valence-corrected chi connectivity index (χ2v) is 9.83. The van der Waals surface area contributed by atoms with Crippen LogP contribution in [0, 0.1) is 0 Å². The molecule has 0 aliphatic carbocycles. The molecule has 1 amide bonds. The Kier molecular flexibility index (Phi) is 6.81. The Morgan fingerprint density at radius 3 is 2.63 bits per heavy atom. The summed E-state index contributed by atoms with van der Waals surface area (Å²) in [6.07, 6.45) is 2.32. The number of hydrogen-bond acceptors (Lipinski definition) is 5. The van der Waals surface area contributed by atoms with E-state index in [4.69, 9.17) is 4.74 Å². The summed E-state index contributed by atoms with van der Waals surface area (Å²) >= 11 is 0. The molecule has 0 fully saturated rings. The molecule has 0 spiro atoms. The quantitative estimate of drug-likeness (QED) is 0.774. The van der Waals surface area contributed by atoms with Crippen molar-refractivity contribution in [1.29, 1.82) is 0 Å². The number of carbonyl (C=O) groups excluding carboxylic acids is 1. The van der Waals surface area contributed by atoms with Crippen LogP contribution in [0.1, 0.15) is 46.1 Å². The van der Waals surface area contributed by atoms with Gasteiger partial charge in [0.15, 0.2) is 9.84 Å². The molecule has 2 aromatic rings. The number of nitrogens with one attached hydrogen (secondary N) is 1. The molecule has 1 N–H and O–H groups in total. The number of amides is 1. The molecule has 148 valence electrons. The van der Waals surface area contributed by atoms with E-state index in [0.717, 1.165) is 17.3 Å². The largest absolute Gasteiger partial charge is 0.444 e. The Balaban J connectivity index is 2.07. The minimum absolute atomic E-state index is 0.110. The molecule has 1 aromatic heterocycles. The van der Waals surface area contributed by atoms with E-state index in [-0.39, 0.29) is 11.5 Å². The number of hydrogen-bond donors (Lipinski definition) is 1. The molecule has 0 aliphatic rings. The number of fused-ring (bicyclic) bond motifs is 1. The van der Waals surface area contributed by atoms with Crippen molar-refractivity contribution in [3.8, 4) is 0 Å². The SMILES string of the molecule is CCCC(CS(=O)(=O)Cc1cnc2ccccc2c1)NC(=O)OC(C)(C)C. The average molecular weight is 393 g/mol. The lowest BCUT2D eigenvalue weighted by Crippen LogP contribution is -2.42. The van der Waals surface area contributed by atoms with Gasteiger partial charge >= 0.3 is 6.09 Å². The first-order valence-corrected chi connectivity index (χ1v) is 10.9. The van der Waals surface area contributed by atoms with Crippen molar-refractivity contribution >= 4 is 26.8 Å². The lowest BCUT2D eigenvalue weighted by Gasteiger charge is -2.23. The Bertz CT molecular complexity index is 888. The molecule has 0 saturated heterocycles. The first kappa shape index (κ1) is 21.2. The summed E-state index contributed by atoms with van der Waals surface area (Å²) < 4.78 is 30.6. The third kappa shape index (κ3) is 7.17. The minimum atomic E-state index is -3.42. The number of para-hydroxylation sites is 1. The molecule has 0 bridgehead atoms. The highest BCUT2D eigenvalue weighted by atomic mass is 32.2. The Labute approximate surface area is 161 Å². The van der Waals surface area contributed by atoms with E-state index in [1.807, 2.05) is 37.3 Å². The van der Waals surface area contributed by atoms with E-state index in [9.17, 15) is 13.2 Å². The number of alkyl carbamates (subject to hydrolysis) is 1. The number of sulfone groups is 1. The van der Waals surface area contributed by atoms with Gasteiger partial charge in [-0.25, -0.2) is 13.2 Å². The second kappa shape index (κ2) is 8.69. The van der Waals surface area contributed by atoms with E-state index < -0.39 is 27.6 Å². The highest BCUT2D eigenvalue weighted by molar-refractivity contribution is 7.90. The fraction of sp³-hybridized carbons (Fsp3) is 0.500. The lowest BCUT2D eigenvalue weighted by atomic mass is 10.2. The van der Waals surface area contributed by atoms with Crippen LogP contribution in [0.5, 0.6) is 0 Å². The average Bonchev–Trinajstić information content (AvgIpc) is 2.52. The third-order valence-electron chi connectivity index (χ3n) is 3.85. The van der Waals surface area contributed by atoms with E-state index >= 15 is 0 Å². The molecule has 0 aliphatic heterocycles. The topological polar surface area (TPSA) is 85.4 Å². The fourth-order valence-electron chi connectivity index (χ4n) is 2.83. The molecule has 6 nitrogen and oxygen atoms in total. The number of rotatable bonds is 7. The van der Waals surface area contributed by atoms with Gasteiger partial charge in [0.2, 0.25) is 0 Å². The van der Waals surface area contributed by atoms with Crippen LogP contribution in [0.25, 0.3) is 10.9 Å². The van der Waals surface area contributed by atoms with Crippen molar-refractivity contribution in [2.24, 2.45) is 0 Å². The summed E-state index contributed by atoms with van der Waals surface area (Å²) in [5.41, 5.74) is 0.839. The smallest absolute Gasteiger partial charge is 0.407 e. The first-order chi connectivity index (χ1) is 12.6. The maximum atomic E-state index is 12.7. The van der Waals surface area contributed by atoms with E-state index in [1.54, 1.807) is 27.0 Å². The van der Waals surface area contributed by atoms with Crippen LogP contribution in [0.2, 0.25) is 0 Å². The maximum Gasteiger partial charge on any atom is 0.407 e. The maximum absolute atomic E-state index is 12.7. The number of benzene rings is 1. The summed E-state index contributed by atoms with van der Waals surface area (Å²) in [5, 5.41) is 3.59. The Hall–Kier alpha value is -2.15. The zero-order valence-corrected chi connectivity index (χ0v) is 17.2. The van der Waals surface area contributed by atoms with Gasteiger partial charge in [-0.3, -0.25) is 4.98 Å². The molecule has 0 radical (unpaired) electrons. The number of pyridine rings is 1. The van der Waals surface area contributed by atoms with Crippen molar-refractivity contribution in [2.45, 2.75) is 57.9 Å². The number of aromatic nitrogens is 1. The molecule has 7 heteroatoms. The molecular formula is C20H28N2O4S. The molecule has 1 unspecified atom stereocenters. The number of ether oxygens (including phenoxy) is 1. The van der Waals surface area contributed by atoms with Crippen LogP contribution in [-0.2, 0) is 20.3 Å². The van der Waals surface area contributed by atoms with Gasteiger partial charge < -0.3 is 10.1 Å². The highest BCUT2D eigenvalue weighted by Gasteiger charge is 2.24. The summed E-state index contributed by atoms with van der Waals surface area (Å²) in [6.45, 7) is 7.25. The van der Waals surface area contributed by atoms with Crippen LogP contribution in [0.3, 0.4) is 0 Å². The number of carbonyl (C=O) groups is 1. The summed E-state index contributed by atoms with van der Waals surface area (Å²) in [4.78, 5) is 16.3. The third-order valence-corrected chi connectivity index (χ3v) is 5.53. The Morgan fingerprint density at radius 1 is 1.26 bits per heavy atom. The van der Waals surface area contributed by atoms with Gasteiger partial charge in [0.25, 0.3) is 0 Å². The summed E-state index contributed by atoms with van der Waals surface area (Å²) in [6, 6.07) is 8.94. The van der Waals surface area contributed by atoms with E-state index in [0.29, 0.717) is 12.0 Å².